The number of nitrogens with one attached hydrogen (secondary N) is 3. The minimum atomic E-state index is -1.19. The van der Waals surface area contributed by atoms with Crippen molar-refractivity contribution < 1.29 is 29.0 Å². The number of aliphatic carboxylic acids is 1. The van der Waals surface area contributed by atoms with Crippen LogP contribution in [0.3, 0.4) is 0 Å². The molecule has 0 saturated heterocycles. The lowest BCUT2D eigenvalue weighted by Gasteiger charge is -2.24. The molecule has 1 aliphatic carbocycles. The highest BCUT2D eigenvalue weighted by Gasteiger charge is 2.31. The highest BCUT2D eigenvalue weighted by Crippen LogP contribution is 2.44. The second kappa shape index (κ2) is 11.0. The van der Waals surface area contributed by atoms with Crippen LogP contribution in [0.1, 0.15) is 44.7 Å². The Morgan fingerprint density at radius 3 is 1.83 bits per heavy atom. The average Bonchev–Trinajstić information content (AvgIpc) is 3.14. The Morgan fingerprint density at radius 2 is 1.31 bits per heavy atom. The molecule has 3 rings (SSSR count). The Bertz CT molecular complexity index is 1070. The van der Waals surface area contributed by atoms with Crippen LogP contribution in [0.15, 0.2) is 48.5 Å². The lowest BCUT2D eigenvalue weighted by atomic mass is 9.98. The molecule has 2 aromatic carbocycles. The van der Waals surface area contributed by atoms with Crippen LogP contribution in [0.2, 0.25) is 0 Å². The predicted molar refractivity (Wildman–Crippen MR) is 130 cm³/mol. The molecule has 0 saturated carbocycles. The molecule has 3 amide bonds. The van der Waals surface area contributed by atoms with Gasteiger partial charge in [0.1, 0.15) is 24.7 Å². The summed E-state index contributed by atoms with van der Waals surface area (Å²) in [7, 11) is 0. The van der Waals surface area contributed by atoms with Crippen LogP contribution in [0.25, 0.3) is 11.1 Å². The van der Waals surface area contributed by atoms with Crippen LogP contribution in [-0.4, -0.2) is 53.7 Å². The SMILES string of the molecule is CC(C)[C@H](NC(=O)OCC1c2ccccc2-c2ccccc21)C(=O)N[C@H](C)C(=O)N[C@H](C)C(=O)O. The van der Waals surface area contributed by atoms with Gasteiger partial charge in [-0.2, -0.15) is 0 Å². The Hall–Kier alpha value is -3.88. The maximum atomic E-state index is 12.8. The van der Waals surface area contributed by atoms with Crippen LogP contribution >= 0.6 is 0 Å². The molecular weight excluding hydrogens is 450 g/mol. The Morgan fingerprint density at radius 1 is 0.800 bits per heavy atom. The summed E-state index contributed by atoms with van der Waals surface area (Å²) in [5.41, 5.74) is 4.38. The van der Waals surface area contributed by atoms with Crippen LogP contribution in [-0.2, 0) is 19.1 Å². The first kappa shape index (κ1) is 25.7. The fraction of sp³-hybridized carbons (Fsp3) is 0.385. The first-order valence-corrected chi connectivity index (χ1v) is 11.5. The van der Waals surface area contributed by atoms with E-state index < -0.39 is 42.0 Å². The van der Waals surface area contributed by atoms with Crippen molar-refractivity contribution in [3.05, 3.63) is 59.7 Å². The van der Waals surface area contributed by atoms with Gasteiger partial charge in [0.05, 0.1) is 0 Å². The number of ether oxygens (including phenoxy) is 1. The smallest absolute Gasteiger partial charge is 0.407 e. The topological polar surface area (TPSA) is 134 Å². The fourth-order valence-corrected chi connectivity index (χ4v) is 4.07. The normalized spacial score (nSPS) is 14.8. The molecule has 2 aromatic rings. The number of carboxylic acids is 1. The van der Waals surface area contributed by atoms with Gasteiger partial charge in [-0.1, -0.05) is 62.4 Å². The lowest BCUT2D eigenvalue weighted by Crippen LogP contribution is -2.55. The minimum absolute atomic E-state index is 0.109. The van der Waals surface area contributed by atoms with Crippen molar-refractivity contribution in [1.82, 2.24) is 16.0 Å². The molecule has 9 nitrogen and oxygen atoms in total. The molecular formula is C26H31N3O6. The maximum absolute atomic E-state index is 12.8. The Kier molecular flexibility index (Phi) is 8.11. The zero-order valence-corrected chi connectivity index (χ0v) is 20.2. The van der Waals surface area contributed by atoms with Gasteiger partial charge in [-0.05, 0) is 42.0 Å². The summed E-state index contributed by atoms with van der Waals surface area (Å²) in [6.07, 6.45) is -0.739. The molecule has 0 fully saturated rings. The van der Waals surface area contributed by atoms with Crippen molar-refractivity contribution in [3.8, 4) is 11.1 Å². The van der Waals surface area contributed by atoms with E-state index in [4.69, 9.17) is 9.84 Å². The number of rotatable bonds is 9. The van der Waals surface area contributed by atoms with E-state index in [1.165, 1.54) is 13.8 Å². The van der Waals surface area contributed by atoms with Crippen LogP contribution < -0.4 is 16.0 Å². The van der Waals surface area contributed by atoms with Gasteiger partial charge in [0.15, 0.2) is 0 Å². The molecule has 0 radical (unpaired) electrons. The number of hydrogen-bond acceptors (Lipinski definition) is 5. The van der Waals surface area contributed by atoms with Gasteiger partial charge < -0.3 is 25.8 Å². The van der Waals surface area contributed by atoms with E-state index in [1.807, 2.05) is 48.5 Å². The molecule has 0 aliphatic heterocycles. The highest BCUT2D eigenvalue weighted by molar-refractivity contribution is 5.92. The van der Waals surface area contributed by atoms with Crippen molar-refractivity contribution in [1.29, 1.82) is 0 Å². The summed E-state index contributed by atoms with van der Waals surface area (Å²) in [6.45, 7) is 6.38. The molecule has 0 bridgehead atoms. The van der Waals surface area contributed by atoms with Crippen LogP contribution in [0.4, 0.5) is 4.79 Å². The van der Waals surface area contributed by atoms with E-state index in [2.05, 4.69) is 16.0 Å². The van der Waals surface area contributed by atoms with E-state index in [-0.39, 0.29) is 18.4 Å². The van der Waals surface area contributed by atoms with Gasteiger partial charge in [0, 0.05) is 5.92 Å². The minimum Gasteiger partial charge on any atom is -0.480 e. The summed E-state index contributed by atoms with van der Waals surface area (Å²) >= 11 is 0. The number of carbonyl (C=O) groups excluding carboxylic acids is 3. The quantitative estimate of drug-likeness (QED) is 0.435. The van der Waals surface area contributed by atoms with Crippen molar-refractivity contribution in [2.75, 3.05) is 6.61 Å². The first-order chi connectivity index (χ1) is 16.6. The van der Waals surface area contributed by atoms with Crippen LogP contribution in [0, 0.1) is 5.92 Å². The van der Waals surface area contributed by atoms with E-state index in [0.717, 1.165) is 22.3 Å². The number of amides is 3. The molecule has 0 heterocycles. The molecule has 4 N–H and O–H groups in total. The lowest BCUT2D eigenvalue weighted by molar-refractivity contribution is -0.141. The second-order valence-corrected chi connectivity index (χ2v) is 8.99. The molecule has 3 atom stereocenters. The molecule has 9 heteroatoms. The molecule has 35 heavy (non-hydrogen) atoms. The maximum Gasteiger partial charge on any atom is 0.407 e. The molecule has 0 aromatic heterocycles. The molecule has 186 valence electrons. The van der Waals surface area contributed by atoms with Gasteiger partial charge in [0.2, 0.25) is 11.8 Å². The Balaban J connectivity index is 1.60. The zero-order valence-electron chi connectivity index (χ0n) is 20.2. The summed E-state index contributed by atoms with van der Waals surface area (Å²) in [6, 6.07) is 12.9. The van der Waals surface area contributed by atoms with Gasteiger partial charge in [-0.3, -0.25) is 14.4 Å². The summed E-state index contributed by atoms with van der Waals surface area (Å²) in [5, 5.41) is 16.3. The van der Waals surface area contributed by atoms with Gasteiger partial charge in [-0.25, -0.2) is 4.79 Å². The van der Waals surface area contributed by atoms with E-state index in [9.17, 15) is 19.2 Å². The molecule has 0 spiro atoms. The van der Waals surface area contributed by atoms with E-state index >= 15 is 0 Å². The number of carbonyl (C=O) groups is 4. The number of carboxylic acid groups (broad SMARTS) is 1. The number of fused-ring (bicyclic) bond motifs is 3. The number of alkyl carbamates (subject to hydrolysis) is 1. The third-order valence-electron chi connectivity index (χ3n) is 6.05. The average molecular weight is 482 g/mol. The summed E-state index contributed by atoms with van der Waals surface area (Å²) in [5.74, 6) is -2.80. The zero-order chi connectivity index (χ0) is 25.7. The van der Waals surface area contributed by atoms with Crippen molar-refractivity contribution >= 4 is 23.9 Å². The van der Waals surface area contributed by atoms with Gasteiger partial charge in [0.25, 0.3) is 0 Å². The predicted octanol–water partition coefficient (Wildman–Crippen LogP) is 2.64. The third-order valence-corrected chi connectivity index (χ3v) is 6.05. The second-order valence-electron chi connectivity index (χ2n) is 8.99. The first-order valence-electron chi connectivity index (χ1n) is 11.5. The van der Waals surface area contributed by atoms with Crippen molar-refractivity contribution in [2.24, 2.45) is 5.92 Å². The molecule has 0 unspecified atom stereocenters. The summed E-state index contributed by atoms with van der Waals surface area (Å²) in [4.78, 5) is 48.5. The number of hydrogen-bond donors (Lipinski definition) is 4. The van der Waals surface area contributed by atoms with E-state index in [1.54, 1.807) is 13.8 Å². The third kappa shape index (κ3) is 5.98. The Labute approximate surface area is 204 Å². The highest BCUT2D eigenvalue weighted by atomic mass is 16.5. The van der Waals surface area contributed by atoms with Gasteiger partial charge >= 0.3 is 12.1 Å². The van der Waals surface area contributed by atoms with E-state index in [0.29, 0.717) is 0 Å². The fourth-order valence-electron chi connectivity index (χ4n) is 4.07. The number of benzene rings is 2. The standard InChI is InChI=1S/C26H31N3O6/c1-14(2)22(24(31)27-15(3)23(30)28-16(4)25(32)33)29-26(34)35-13-21-19-11-7-5-9-17(19)18-10-6-8-12-20(18)21/h5-12,14-16,21-22H,13H2,1-4H3,(H,27,31)(H,28,30)(H,29,34)(H,32,33)/t15-,16-,22+/m1/s1. The van der Waals surface area contributed by atoms with Crippen LogP contribution in [0.5, 0.6) is 0 Å². The largest absolute Gasteiger partial charge is 0.480 e. The summed E-state index contributed by atoms with van der Waals surface area (Å²) < 4.78 is 5.53. The van der Waals surface area contributed by atoms with Crippen molar-refractivity contribution in [3.63, 3.8) is 0 Å². The molecule has 1 aliphatic rings. The van der Waals surface area contributed by atoms with Gasteiger partial charge in [-0.15, -0.1) is 0 Å². The monoisotopic (exact) mass is 481 g/mol. The van der Waals surface area contributed by atoms with Crippen molar-refractivity contribution in [2.45, 2.75) is 51.7 Å².